The second kappa shape index (κ2) is 5.60. The van der Waals surface area contributed by atoms with Crippen LogP contribution < -0.4 is 5.73 Å². The van der Waals surface area contributed by atoms with Gasteiger partial charge in [0, 0.05) is 5.92 Å². The number of benzene rings is 2. The van der Waals surface area contributed by atoms with E-state index in [1.165, 1.54) is 4.90 Å². The Kier molecular flexibility index (Phi) is 3.51. The molecule has 1 aliphatic heterocycles. The predicted molar refractivity (Wildman–Crippen MR) is 91.2 cm³/mol. The Hall–Kier alpha value is -2.86. The van der Waals surface area contributed by atoms with Crippen LogP contribution in [0.2, 0.25) is 0 Å². The SMILES string of the molecule is NC1(C(=O)O)CN(C(=O)OCC2c3ccccc3-c3ccccc32)C1. The van der Waals surface area contributed by atoms with Crippen molar-refractivity contribution in [3.05, 3.63) is 59.7 Å². The summed E-state index contributed by atoms with van der Waals surface area (Å²) in [5.74, 6) is -1.12. The van der Waals surface area contributed by atoms with E-state index in [1.54, 1.807) is 0 Å². The lowest BCUT2D eigenvalue weighted by Gasteiger charge is -2.43. The van der Waals surface area contributed by atoms with Crippen LogP contribution in [0.15, 0.2) is 48.5 Å². The van der Waals surface area contributed by atoms with Gasteiger partial charge in [-0.25, -0.2) is 4.79 Å². The van der Waals surface area contributed by atoms with Crippen molar-refractivity contribution in [3.8, 4) is 11.1 Å². The zero-order valence-electron chi connectivity index (χ0n) is 13.5. The zero-order valence-corrected chi connectivity index (χ0v) is 13.5. The van der Waals surface area contributed by atoms with Crippen LogP contribution >= 0.6 is 0 Å². The first kappa shape index (κ1) is 15.7. The lowest BCUT2D eigenvalue weighted by Crippen LogP contribution is -2.72. The second-order valence-electron chi connectivity index (χ2n) is 6.62. The van der Waals surface area contributed by atoms with Gasteiger partial charge in [0.25, 0.3) is 0 Å². The monoisotopic (exact) mass is 338 g/mol. The molecule has 2 aliphatic rings. The van der Waals surface area contributed by atoms with E-state index < -0.39 is 17.6 Å². The molecule has 3 N–H and O–H groups in total. The standard InChI is InChI=1S/C19H18N2O4/c20-19(17(22)23)10-21(11-19)18(24)25-9-16-14-7-3-1-5-12(14)13-6-2-4-8-15(13)16/h1-8,16H,9-11,20H2,(H,22,23). The Morgan fingerprint density at radius 1 is 1.08 bits per heavy atom. The molecule has 1 fully saturated rings. The molecule has 1 aliphatic carbocycles. The second-order valence-corrected chi connectivity index (χ2v) is 6.62. The third-order valence-corrected chi connectivity index (χ3v) is 4.97. The highest BCUT2D eigenvalue weighted by molar-refractivity contribution is 5.84. The van der Waals surface area contributed by atoms with Crippen LogP contribution in [0.25, 0.3) is 11.1 Å². The molecule has 0 unspecified atom stereocenters. The van der Waals surface area contributed by atoms with Crippen LogP contribution in [0, 0.1) is 0 Å². The van der Waals surface area contributed by atoms with Gasteiger partial charge in [0.2, 0.25) is 0 Å². The van der Waals surface area contributed by atoms with Crippen LogP contribution in [0.4, 0.5) is 4.79 Å². The number of aliphatic carboxylic acids is 1. The van der Waals surface area contributed by atoms with E-state index in [0.29, 0.717) is 0 Å². The summed E-state index contributed by atoms with van der Waals surface area (Å²) in [6, 6.07) is 16.2. The van der Waals surface area contributed by atoms with Gasteiger partial charge >= 0.3 is 12.1 Å². The minimum absolute atomic E-state index is 0.0141. The quantitative estimate of drug-likeness (QED) is 0.893. The van der Waals surface area contributed by atoms with Crippen molar-refractivity contribution < 1.29 is 19.4 Å². The van der Waals surface area contributed by atoms with Gasteiger partial charge < -0.3 is 20.5 Å². The van der Waals surface area contributed by atoms with Gasteiger partial charge in [0.05, 0.1) is 13.1 Å². The number of rotatable bonds is 3. The van der Waals surface area contributed by atoms with Gasteiger partial charge in [-0.05, 0) is 22.3 Å². The van der Waals surface area contributed by atoms with Gasteiger partial charge in [0.1, 0.15) is 12.1 Å². The summed E-state index contributed by atoms with van der Waals surface area (Å²) in [6.07, 6.45) is -0.524. The molecule has 0 atom stereocenters. The first-order chi connectivity index (χ1) is 12.0. The third-order valence-electron chi connectivity index (χ3n) is 4.97. The summed E-state index contributed by atoms with van der Waals surface area (Å²) in [5.41, 5.74) is 8.91. The number of hydrogen-bond acceptors (Lipinski definition) is 4. The molecular formula is C19H18N2O4. The van der Waals surface area contributed by atoms with Crippen LogP contribution in [-0.4, -0.2) is 47.3 Å². The molecular weight excluding hydrogens is 320 g/mol. The van der Waals surface area contributed by atoms with E-state index in [4.69, 9.17) is 15.6 Å². The van der Waals surface area contributed by atoms with Gasteiger partial charge in [-0.1, -0.05) is 48.5 Å². The first-order valence-corrected chi connectivity index (χ1v) is 8.12. The van der Waals surface area contributed by atoms with E-state index in [2.05, 4.69) is 12.1 Å². The molecule has 0 saturated carbocycles. The first-order valence-electron chi connectivity index (χ1n) is 8.12. The Balaban J connectivity index is 1.47. The number of carbonyl (C=O) groups is 2. The molecule has 4 rings (SSSR count). The maximum Gasteiger partial charge on any atom is 0.409 e. The number of ether oxygens (including phenoxy) is 1. The van der Waals surface area contributed by atoms with E-state index in [9.17, 15) is 9.59 Å². The molecule has 6 heteroatoms. The molecule has 1 saturated heterocycles. The lowest BCUT2D eigenvalue weighted by atomic mass is 9.92. The van der Waals surface area contributed by atoms with Crippen LogP contribution in [-0.2, 0) is 9.53 Å². The van der Waals surface area contributed by atoms with Gasteiger partial charge in [0.15, 0.2) is 0 Å². The highest BCUT2D eigenvalue weighted by atomic mass is 16.6. The minimum atomic E-state index is -1.36. The molecule has 25 heavy (non-hydrogen) atoms. The van der Waals surface area contributed by atoms with Crippen molar-refractivity contribution in [2.75, 3.05) is 19.7 Å². The molecule has 128 valence electrons. The predicted octanol–water partition coefficient (Wildman–Crippen LogP) is 2.03. The fraction of sp³-hybridized carbons (Fsp3) is 0.263. The number of amides is 1. The van der Waals surface area contributed by atoms with Crippen molar-refractivity contribution in [2.24, 2.45) is 5.73 Å². The molecule has 2 aromatic carbocycles. The van der Waals surface area contributed by atoms with Crippen molar-refractivity contribution in [1.82, 2.24) is 4.90 Å². The van der Waals surface area contributed by atoms with Gasteiger partial charge in [-0.15, -0.1) is 0 Å². The van der Waals surface area contributed by atoms with Crippen molar-refractivity contribution in [2.45, 2.75) is 11.5 Å². The van der Waals surface area contributed by atoms with E-state index in [-0.39, 0.29) is 25.6 Å². The molecule has 1 amide bonds. The number of likely N-dealkylation sites (tertiary alicyclic amines) is 1. The minimum Gasteiger partial charge on any atom is -0.480 e. The number of carboxylic acids is 1. The number of nitrogens with two attached hydrogens (primary N) is 1. The Labute approximate surface area is 144 Å². The highest BCUT2D eigenvalue weighted by Crippen LogP contribution is 2.44. The Bertz CT molecular complexity index is 813. The van der Waals surface area contributed by atoms with Gasteiger partial charge in [-0.2, -0.15) is 0 Å². The highest BCUT2D eigenvalue weighted by Gasteiger charge is 2.49. The summed E-state index contributed by atoms with van der Waals surface area (Å²) in [7, 11) is 0. The summed E-state index contributed by atoms with van der Waals surface area (Å²) in [6.45, 7) is 0.159. The van der Waals surface area contributed by atoms with Crippen LogP contribution in [0.3, 0.4) is 0 Å². The molecule has 2 aromatic rings. The van der Waals surface area contributed by atoms with E-state index in [1.807, 2.05) is 36.4 Å². The number of nitrogens with zero attached hydrogens (tertiary/aromatic N) is 1. The molecule has 0 spiro atoms. The number of carbonyl (C=O) groups excluding carboxylic acids is 1. The largest absolute Gasteiger partial charge is 0.480 e. The fourth-order valence-corrected chi connectivity index (χ4v) is 3.58. The summed E-state index contributed by atoms with van der Waals surface area (Å²) >= 11 is 0. The number of carboxylic acid groups (broad SMARTS) is 1. The molecule has 0 radical (unpaired) electrons. The summed E-state index contributed by atoms with van der Waals surface area (Å²) < 4.78 is 5.46. The number of hydrogen-bond donors (Lipinski definition) is 2. The maximum atomic E-state index is 12.2. The van der Waals surface area contributed by atoms with Crippen molar-refractivity contribution in [3.63, 3.8) is 0 Å². The molecule has 6 nitrogen and oxygen atoms in total. The summed E-state index contributed by atoms with van der Waals surface area (Å²) in [4.78, 5) is 24.5. The lowest BCUT2D eigenvalue weighted by molar-refractivity contribution is -0.149. The van der Waals surface area contributed by atoms with Crippen LogP contribution in [0.1, 0.15) is 17.0 Å². The van der Waals surface area contributed by atoms with E-state index >= 15 is 0 Å². The average Bonchev–Trinajstić information content (AvgIpc) is 2.91. The van der Waals surface area contributed by atoms with Gasteiger partial charge in [-0.3, -0.25) is 4.79 Å². The van der Waals surface area contributed by atoms with E-state index in [0.717, 1.165) is 22.3 Å². The molecule has 0 aromatic heterocycles. The summed E-state index contributed by atoms with van der Waals surface area (Å²) in [5, 5.41) is 9.01. The fourth-order valence-electron chi connectivity index (χ4n) is 3.58. The average molecular weight is 338 g/mol. The normalized spacial score (nSPS) is 17.4. The van der Waals surface area contributed by atoms with Crippen molar-refractivity contribution >= 4 is 12.1 Å². The third kappa shape index (κ3) is 2.46. The molecule has 1 heterocycles. The van der Waals surface area contributed by atoms with Crippen LogP contribution in [0.5, 0.6) is 0 Å². The molecule has 0 bridgehead atoms. The topological polar surface area (TPSA) is 92.9 Å². The number of fused-ring (bicyclic) bond motifs is 3. The maximum absolute atomic E-state index is 12.2. The Morgan fingerprint density at radius 2 is 1.60 bits per heavy atom. The Morgan fingerprint density at radius 3 is 2.12 bits per heavy atom. The zero-order chi connectivity index (χ0) is 17.6. The van der Waals surface area contributed by atoms with Crippen molar-refractivity contribution in [1.29, 1.82) is 0 Å². The smallest absolute Gasteiger partial charge is 0.409 e.